The van der Waals surface area contributed by atoms with Gasteiger partial charge in [-0.1, -0.05) is 32.1 Å². The molecule has 0 bridgehead atoms. The molecule has 1 N–H and O–H groups in total. The molecule has 1 aliphatic carbocycles. The Hall–Kier alpha value is -0.570. The molecule has 3 nitrogen and oxygen atoms in total. The van der Waals surface area contributed by atoms with Crippen LogP contribution in [-0.4, -0.2) is 35.6 Å². The number of rotatable bonds is 4. The highest BCUT2D eigenvalue weighted by Gasteiger charge is 2.22. The van der Waals surface area contributed by atoms with E-state index in [1.807, 2.05) is 7.05 Å². The van der Waals surface area contributed by atoms with Crippen LogP contribution in [0.2, 0.25) is 0 Å². The highest BCUT2D eigenvalue weighted by Crippen LogP contribution is 2.23. The summed E-state index contributed by atoms with van der Waals surface area (Å²) >= 11 is 0. The van der Waals surface area contributed by atoms with Crippen LogP contribution in [0.5, 0.6) is 0 Å². The highest BCUT2D eigenvalue weighted by molar-refractivity contribution is 5.78. The molecule has 1 saturated carbocycles. The Morgan fingerprint density at radius 2 is 1.76 bits per heavy atom. The maximum absolute atomic E-state index is 12.2. The van der Waals surface area contributed by atoms with E-state index < -0.39 is 0 Å². The van der Waals surface area contributed by atoms with Gasteiger partial charge in [-0.3, -0.25) is 4.79 Å². The summed E-state index contributed by atoms with van der Waals surface area (Å²) in [6, 6.07) is 0. The quantitative estimate of drug-likeness (QED) is 0.822. The number of aliphatic hydroxyl groups is 1. The monoisotopic (exact) mass is 241 g/mol. The summed E-state index contributed by atoms with van der Waals surface area (Å²) in [6.07, 6.45) is 8.75. The lowest BCUT2D eigenvalue weighted by Gasteiger charge is -2.25. The lowest BCUT2D eigenvalue weighted by molar-refractivity contribution is -0.135. The Morgan fingerprint density at radius 1 is 1.24 bits per heavy atom. The fourth-order valence-corrected chi connectivity index (χ4v) is 2.51. The van der Waals surface area contributed by atoms with Gasteiger partial charge in [0, 0.05) is 19.5 Å². The van der Waals surface area contributed by atoms with E-state index in [2.05, 4.69) is 0 Å². The Balaban J connectivity index is 2.37. The number of hydrogen-bond donors (Lipinski definition) is 1. The minimum absolute atomic E-state index is 0.231. The minimum Gasteiger partial charge on any atom is -0.393 e. The summed E-state index contributed by atoms with van der Waals surface area (Å²) in [5, 5.41) is 9.24. The van der Waals surface area contributed by atoms with Gasteiger partial charge < -0.3 is 10.0 Å². The van der Waals surface area contributed by atoms with Crippen LogP contribution < -0.4 is 0 Å². The number of hydrogen-bond acceptors (Lipinski definition) is 2. The van der Waals surface area contributed by atoms with Crippen LogP contribution in [0.3, 0.4) is 0 Å². The van der Waals surface area contributed by atoms with Crippen molar-refractivity contribution in [2.45, 2.75) is 64.4 Å². The van der Waals surface area contributed by atoms with Crippen molar-refractivity contribution in [3.05, 3.63) is 0 Å². The molecule has 1 aliphatic rings. The van der Waals surface area contributed by atoms with Gasteiger partial charge in [-0.15, -0.1) is 0 Å². The Kier molecular flexibility index (Phi) is 6.56. The first kappa shape index (κ1) is 14.5. The summed E-state index contributed by atoms with van der Waals surface area (Å²) in [6.45, 7) is 2.45. The third-order valence-electron chi connectivity index (χ3n) is 3.71. The normalized spacial score (nSPS) is 20.4. The molecule has 3 heteroatoms. The summed E-state index contributed by atoms with van der Waals surface area (Å²) < 4.78 is 0. The number of carbonyl (C=O) groups excluding carboxylic acids is 1. The van der Waals surface area contributed by atoms with E-state index in [-0.39, 0.29) is 17.9 Å². The maximum Gasteiger partial charge on any atom is 0.225 e. The van der Waals surface area contributed by atoms with Crippen LogP contribution in [-0.2, 0) is 4.79 Å². The van der Waals surface area contributed by atoms with E-state index in [4.69, 9.17) is 0 Å². The lowest BCUT2D eigenvalue weighted by Crippen LogP contribution is -2.35. The minimum atomic E-state index is -0.317. The van der Waals surface area contributed by atoms with Crippen LogP contribution in [0, 0.1) is 5.92 Å². The standard InChI is InChI=1S/C14H27NO2/c1-12(16)10-11-15(2)14(17)13-8-6-4-3-5-7-9-13/h12-13,16H,3-11H2,1-2H3. The van der Waals surface area contributed by atoms with Gasteiger partial charge in [-0.25, -0.2) is 0 Å². The van der Waals surface area contributed by atoms with Crippen molar-refractivity contribution >= 4 is 5.91 Å². The number of amides is 1. The molecule has 0 aromatic rings. The van der Waals surface area contributed by atoms with Crippen LogP contribution in [0.1, 0.15) is 58.3 Å². The summed E-state index contributed by atoms with van der Waals surface area (Å²) in [5.74, 6) is 0.516. The first-order valence-electron chi connectivity index (χ1n) is 7.04. The van der Waals surface area contributed by atoms with Crippen molar-refractivity contribution < 1.29 is 9.90 Å². The second-order valence-electron chi connectivity index (χ2n) is 5.44. The van der Waals surface area contributed by atoms with Gasteiger partial charge >= 0.3 is 0 Å². The zero-order valence-corrected chi connectivity index (χ0v) is 11.3. The Labute approximate surface area is 105 Å². The van der Waals surface area contributed by atoms with Gasteiger partial charge in [0.05, 0.1) is 6.10 Å². The largest absolute Gasteiger partial charge is 0.393 e. The average molecular weight is 241 g/mol. The molecule has 1 atom stereocenters. The van der Waals surface area contributed by atoms with Crippen LogP contribution in [0.25, 0.3) is 0 Å². The van der Waals surface area contributed by atoms with E-state index in [9.17, 15) is 9.90 Å². The molecule has 0 aliphatic heterocycles. The molecule has 1 rings (SSSR count). The number of nitrogens with zero attached hydrogens (tertiary/aromatic N) is 1. The molecule has 1 unspecified atom stereocenters. The smallest absolute Gasteiger partial charge is 0.225 e. The van der Waals surface area contributed by atoms with E-state index in [0.29, 0.717) is 13.0 Å². The van der Waals surface area contributed by atoms with Crippen LogP contribution in [0.15, 0.2) is 0 Å². The zero-order chi connectivity index (χ0) is 12.7. The molecule has 100 valence electrons. The SMILES string of the molecule is CC(O)CCN(C)C(=O)C1CCCCCCC1. The summed E-state index contributed by atoms with van der Waals surface area (Å²) in [4.78, 5) is 14.0. The van der Waals surface area contributed by atoms with Crippen molar-refractivity contribution in [3.8, 4) is 0 Å². The molecular weight excluding hydrogens is 214 g/mol. The van der Waals surface area contributed by atoms with Crippen molar-refractivity contribution in [1.29, 1.82) is 0 Å². The molecule has 0 radical (unpaired) electrons. The van der Waals surface area contributed by atoms with Crippen molar-refractivity contribution in [2.75, 3.05) is 13.6 Å². The lowest BCUT2D eigenvalue weighted by atomic mass is 9.90. The van der Waals surface area contributed by atoms with Crippen LogP contribution in [0.4, 0.5) is 0 Å². The van der Waals surface area contributed by atoms with Crippen molar-refractivity contribution in [1.82, 2.24) is 4.90 Å². The second kappa shape index (κ2) is 7.70. The maximum atomic E-state index is 12.2. The van der Waals surface area contributed by atoms with Gasteiger partial charge in [0.1, 0.15) is 0 Å². The predicted octanol–water partition coefficient (Wildman–Crippen LogP) is 2.58. The van der Waals surface area contributed by atoms with Gasteiger partial charge in [-0.2, -0.15) is 0 Å². The molecular formula is C14H27NO2. The number of carbonyl (C=O) groups is 1. The number of aliphatic hydroxyl groups excluding tert-OH is 1. The van der Waals surface area contributed by atoms with E-state index in [1.165, 1.54) is 32.1 Å². The summed E-state index contributed by atoms with van der Waals surface area (Å²) in [5.41, 5.74) is 0. The highest BCUT2D eigenvalue weighted by atomic mass is 16.3. The molecule has 1 fully saturated rings. The Morgan fingerprint density at radius 3 is 2.29 bits per heavy atom. The van der Waals surface area contributed by atoms with Gasteiger partial charge in [0.2, 0.25) is 5.91 Å². The van der Waals surface area contributed by atoms with Gasteiger partial charge in [0.15, 0.2) is 0 Å². The van der Waals surface area contributed by atoms with Crippen LogP contribution >= 0.6 is 0 Å². The first-order chi connectivity index (χ1) is 8.11. The fourth-order valence-electron chi connectivity index (χ4n) is 2.51. The van der Waals surface area contributed by atoms with Crippen molar-refractivity contribution in [3.63, 3.8) is 0 Å². The molecule has 0 heterocycles. The first-order valence-corrected chi connectivity index (χ1v) is 7.04. The predicted molar refractivity (Wildman–Crippen MR) is 69.7 cm³/mol. The van der Waals surface area contributed by atoms with Gasteiger partial charge in [0.25, 0.3) is 0 Å². The van der Waals surface area contributed by atoms with E-state index in [1.54, 1.807) is 11.8 Å². The molecule has 17 heavy (non-hydrogen) atoms. The van der Waals surface area contributed by atoms with E-state index >= 15 is 0 Å². The second-order valence-corrected chi connectivity index (χ2v) is 5.44. The average Bonchev–Trinajstić information content (AvgIpc) is 2.24. The molecule has 0 saturated heterocycles. The van der Waals surface area contributed by atoms with E-state index in [0.717, 1.165) is 12.8 Å². The molecule has 1 amide bonds. The molecule has 0 aromatic carbocycles. The third kappa shape index (κ3) is 5.53. The summed E-state index contributed by atoms with van der Waals surface area (Å²) in [7, 11) is 1.86. The fraction of sp³-hybridized carbons (Fsp3) is 0.929. The zero-order valence-electron chi connectivity index (χ0n) is 11.3. The van der Waals surface area contributed by atoms with Gasteiger partial charge in [-0.05, 0) is 26.2 Å². The van der Waals surface area contributed by atoms with Crippen molar-refractivity contribution in [2.24, 2.45) is 5.92 Å². The molecule has 0 aromatic heterocycles. The molecule has 0 spiro atoms. The Bertz CT molecular complexity index is 220. The third-order valence-corrected chi connectivity index (χ3v) is 3.71. The topological polar surface area (TPSA) is 40.5 Å².